The van der Waals surface area contributed by atoms with Crippen LogP contribution in [0.25, 0.3) is 0 Å². The Balaban J connectivity index is 2.26. The van der Waals surface area contributed by atoms with Crippen LogP contribution in [-0.4, -0.2) is 82.0 Å². The highest BCUT2D eigenvalue weighted by Crippen LogP contribution is 2.11. The average molecular weight is 386 g/mol. The fourth-order valence-corrected chi connectivity index (χ4v) is 2.66. The van der Waals surface area contributed by atoms with Gasteiger partial charge in [-0.1, -0.05) is 18.2 Å². The second kappa shape index (κ2) is 11.8. The molecule has 0 atom stereocenters. The molecule has 1 aromatic rings. The molecule has 0 aromatic heterocycles. The standard InChI is InChI=1S/C20H31N7O/c1-5-26(12-11-21-2)19(22-3)24-20(27-13-15-28-16-14-27)23-17-25(4)18-9-7-6-8-10-18/h6-12,21H,3,5,13-17H2,1-2,4H3/b12-11-,23-20+,24-19+. The molecular formula is C20H31N7O. The number of ether oxygens (including phenoxy) is 1. The van der Waals surface area contributed by atoms with Crippen molar-refractivity contribution in [3.8, 4) is 0 Å². The molecule has 0 saturated carbocycles. The van der Waals surface area contributed by atoms with Crippen molar-refractivity contribution < 1.29 is 4.74 Å². The third-order valence-corrected chi connectivity index (χ3v) is 4.28. The largest absolute Gasteiger partial charge is 0.393 e. The molecule has 1 aliphatic heterocycles. The zero-order valence-electron chi connectivity index (χ0n) is 17.1. The zero-order chi connectivity index (χ0) is 20.2. The molecule has 1 aliphatic rings. The van der Waals surface area contributed by atoms with Crippen molar-refractivity contribution in [2.75, 3.05) is 58.5 Å². The van der Waals surface area contributed by atoms with Gasteiger partial charge in [-0.15, -0.1) is 0 Å². The van der Waals surface area contributed by atoms with E-state index in [2.05, 4.69) is 39.0 Å². The minimum atomic E-state index is 0.489. The number of nitrogens with one attached hydrogen (secondary N) is 1. The summed E-state index contributed by atoms with van der Waals surface area (Å²) in [6, 6.07) is 10.2. The van der Waals surface area contributed by atoms with Gasteiger partial charge in [0.25, 0.3) is 0 Å². The first-order valence-corrected chi connectivity index (χ1v) is 9.49. The van der Waals surface area contributed by atoms with Crippen LogP contribution in [0.15, 0.2) is 57.7 Å². The number of morpholine rings is 1. The maximum atomic E-state index is 5.48. The average Bonchev–Trinajstić information content (AvgIpc) is 2.76. The SMILES string of the molecule is C=N/C(=N\C(=N/CN(C)c1ccccc1)N1CCOCC1)N(/C=C\NC)CC. The van der Waals surface area contributed by atoms with Crippen molar-refractivity contribution in [2.45, 2.75) is 6.92 Å². The van der Waals surface area contributed by atoms with E-state index in [0.29, 0.717) is 31.8 Å². The van der Waals surface area contributed by atoms with Crippen LogP contribution in [-0.2, 0) is 4.74 Å². The Bertz CT molecular complexity index is 681. The predicted octanol–water partition coefficient (Wildman–Crippen LogP) is 1.84. The van der Waals surface area contributed by atoms with E-state index in [1.54, 1.807) is 0 Å². The number of rotatable bonds is 6. The topological polar surface area (TPSA) is 68.1 Å². The quantitative estimate of drug-likeness (QED) is 0.598. The van der Waals surface area contributed by atoms with Crippen LogP contribution < -0.4 is 10.2 Å². The molecule has 1 aromatic carbocycles. The Morgan fingerprint density at radius 3 is 2.61 bits per heavy atom. The van der Waals surface area contributed by atoms with Crippen LogP contribution >= 0.6 is 0 Å². The van der Waals surface area contributed by atoms with Crippen molar-refractivity contribution in [1.29, 1.82) is 0 Å². The second-order valence-electron chi connectivity index (χ2n) is 6.19. The number of para-hydroxylation sites is 1. The summed E-state index contributed by atoms with van der Waals surface area (Å²) in [5.41, 5.74) is 1.10. The smallest absolute Gasteiger partial charge is 0.232 e. The van der Waals surface area contributed by atoms with E-state index in [-0.39, 0.29) is 0 Å². The molecule has 0 amide bonds. The van der Waals surface area contributed by atoms with E-state index in [4.69, 9.17) is 14.7 Å². The molecule has 1 heterocycles. The van der Waals surface area contributed by atoms with Gasteiger partial charge in [0.15, 0.2) is 0 Å². The van der Waals surface area contributed by atoms with Gasteiger partial charge in [0.2, 0.25) is 11.9 Å². The van der Waals surface area contributed by atoms with Gasteiger partial charge < -0.3 is 24.8 Å². The summed E-state index contributed by atoms with van der Waals surface area (Å²) in [5.74, 6) is 1.16. The fourth-order valence-electron chi connectivity index (χ4n) is 2.66. The third kappa shape index (κ3) is 6.38. The molecular weight excluding hydrogens is 354 g/mol. The van der Waals surface area contributed by atoms with Crippen molar-refractivity contribution in [1.82, 2.24) is 15.1 Å². The number of benzene rings is 1. The van der Waals surface area contributed by atoms with Crippen LogP contribution in [0.2, 0.25) is 0 Å². The van der Waals surface area contributed by atoms with Crippen LogP contribution in [0.5, 0.6) is 0 Å². The van der Waals surface area contributed by atoms with E-state index < -0.39 is 0 Å². The lowest BCUT2D eigenvalue weighted by molar-refractivity contribution is 0.0674. The molecule has 8 heteroatoms. The summed E-state index contributed by atoms with van der Waals surface area (Å²) >= 11 is 0. The summed E-state index contributed by atoms with van der Waals surface area (Å²) in [4.78, 5) is 19.8. The third-order valence-electron chi connectivity index (χ3n) is 4.28. The van der Waals surface area contributed by atoms with Crippen molar-refractivity contribution in [3.05, 3.63) is 42.7 Å². The molecule has 152 valence electrons. The first-order valence-electron chi connectivity index (χ1n) is 9.49. The number of guanidine groups is 2. The Kier molecular flexibility index (Phi) is 9.00. The van der Waals surface area contributed by atoms with Crippen LogP contribution in [0, 0.1) is 0 Å². The Labute approximate surface area is 167 Å². The highest BCUT2D eigenvalue weighted by molar-refractivity contribution is 5.97. The lowest BCUT2D eigenvalue weighted by atomic mass is 10.3. The monoisotopic (exact) mass is 385 g/mol. The molecule has 8 nitrogen and oxygen atoms in total. The highest BCUT2D eigenvalue weighted by Gasteiger charge is 2.17. The Hall–Kier alpha value is -2.87. The van der Waals surface area contributed by atoms with E-state index in [0.717, 1.165) is 25.3 Å². The zero-order valence-corrected chi connectivity index (χ0v) is 17.1. The van der Waals surface area contributed by atoms with Crippen LogP contribution in [0.4, 0.5) is 5.69 Å². The molecule has 0 spiro atoms. The van der Waals surface area contributed by atoms with Crippen molar-refractivity contribution >= 4 is 24.3 Å². The van der Waals surface area contributed by atoms with Crippen molar-refractivity contribution in [2.24, 2.45) is 15.0 Å². The summed E-state index contributed by atoms with van der Waals surface area (Å²) in [6.45, 7) is 9.77. The summed E-state index contributed by atoms with van der Waals surface area (Å²) in [7, 11) is 3.86. The molecule has 0 bridgehead atoms. The lowest BCUT2D eigenvalue weighted by Crippen LogP contribution is -2.41. The molecule has 1 fully saturated rings. The first-order chi connectivity index (χ1) is 13.7. The Morgan fingerprint density at radius 2 is 2.00 bits per heavy atom. The highest BCUT2D eigenvalue weighted by atomic mass is 16.5. The number of hydrogen-bond donors (Lipinski definition) is 1. The van der Waals surface area contributed by atoms with E-state index in [1.165, 1.54) is 0 Å². The van der Waals surface area contributed by atoms with E-state index >= 15 is 0 Å². The summed E-state index contributed by atoms with van der Waals surface area (Å²) < 4.78 is 5.48. The molecule has 0 radical (unpaired) electrons. The van der Waals surface area contributed by atoms with Gasteiger partial charge in [0.05, 0.1) is 13.2 Å². The minimum Gasteiger partial charge on any atom is -0.393 e. The maximum absolute atomic E-state index is 5.48. The van der Waals surface area contributed by atoms with Gasteiger partial charge in [0.1, 0.15) is 6.67 Å². The number of anilines is 1. The number of hydrogen-bond acceptors (Lipinski definition) is 4. The maximum Gasteiger partial charge on any atom is 0.232 e. The number of nitrogens with zero attached hydrogens (tertiary/aromatic N) is 6. The van der Waals surface area contributed by atoms with Crippen molar-refractivity contribution in [3.63, 3.8) is 0 Å². The normalized spacial score (nSPS) is 15.6. The van der Waals surface area contributed by atoms with Gasteiger partial charge in [-0.2, -0.15) is 4.99 Å². The molecule has 0 unspecified atom stereocenters. The predicted molar refractivity (Wildman–Crippen MR) is 117 cm³/mol. The van der Waals surface area contributed by atoms with Gasteiger partial charge in [-0.25, -0.2) is 9.98 Å². The minimum absolute atomic E-state index is 0.489. The Morgan fingerprint density at radius 1 is 1.29 bits per heavy atom. The molecule has 1 saturated heterocycles. The van der Waals surface area contributed by atoms with Crippen LogP contribution in [0.1, 0.15) is 6.92 Å². The molecule has 0 aliphatic carbocycles. The van der Waals surface area contributed by atoms with Crippen LogP contribution in [0.3, 0.4) is 0 Å². The van der Waals surface area contributed by atoms with Gasteiger partial charge >= 0.3 is 0 Å². The van der Waals surface area contributed by atoms with E-state index in [9.17, 15) is 0 Å². The molecule has 1 N–H and O–H groups in total. The first kappa shape index (κ1) is 21.4. The molecule has 28 heavy (non-hydrogen) atoms. The van der Waals surface area contributed by atoms with E-state index in [1.807, 2.05) is 56.5 Å². The van der Waals surface area contributed by atoms with Gasteiger partial charge in [0, 0.05) is 51.8 Å². The number of aliphatic imine (C=N–C) groups is 3. The second-order valence-corrected chi connectivity index (χ2v) is 6.19. The summed E-state index contributed by atoms with van der Waals surface area (Å²) in [5, 5.41) is 2.98. The fraction of sp³-hybridized carbons (Fsp3) is 0.450. The van der Waals surface area contributed by atoms with Gasteiger partial charge in [-0.3, -0.25) is 0 Å². The lowest BCUT2D eigenvalue weighted by Gasteiger charge is -2.29. The van der Waals surface area contributed by atoms with Gasteiger partial charge in [-0.05, 0) is 25.8 Å². The molecule has 2 rings (SSSR count). The summed E-state index contributed by atoms with van der Waals surface area (Å²) in [6.07, 6.45) is 3.72.